The molecule has 0 aliphatic heterocycles. The summed E-state index contributed by atoms with van der Waals surface area (Å²) >= 11 is 5.17. The molecule has 1 aliphatic carbocycles. The summed E-state index contributed by atoms with van der Waals surface area (Å²) in [6.07, 6.45) is 3.61. The van der Waals surface area contributed by atoms with Crippen molar-refractivity contribution < 1.29 is 4.79 Å². The molecule has 0 heterocycles. The molecule has 0 radical (unpaired) electrons. The Kier molecular flexibility index (Phi) is 5.15. The predicted molar refractivity (Wildman–Crippen MR) is 81.1 cm³/mol. The summed E-state index contributed by atoms with van der Waals surface area (Å²) in [4.78, 5) is 11.4. The average molecular weight is 277 g/mol. The molecule has 0 spiro atoms. The Bertz CT molecular complexity index is 432. The second-order valence-corrected chi connectivity index (χ2v) is 5.10. The van der Waals surface area contributed by atoms with Crippen molar-refractivity contribution in [3.05, 3.63) is 30.3 Å². The average Bonchev–Trinajstić information content (AvgIpc) is 3.20. The number of anilines is 1. The van der Waals surface area contributed by atoms with E-state index in [9.17, 15) is 4.79 Å². The van der Waals surface area contributed by atoms with Crippen LogP contribution < -0.4 is 16.0 Å². The SMILES string of the molecule is O=C(CCCNC(=S)Nc1ccccc1)NC1CC1. The third kappa shape index (κ3) is 5.70. The van der Waals surface area contributed by atoms with Crippen molar-refractivity contribution >= 4 is 28.9 Å². The Labute approximate surface area is 119 Å². The lowest BCUT2D eigenvalue weighted by Crippen LogP contribution is -2.31. The van der Waals surface area contributed by atoms with Crippen LogP contribution in [0.2, 0.25) is 0 Å². The molecule has 1 aliphatic rings. The number of amides is 1. The van der Waals surface area contributed by atoms with Gasteiger partial charge in [0, 0.05) is 24.7 Å². The molecule has 1 amide bonds. The normalized spacial score (nSPS) is 13.7. The van der Waals surface area contributed by atoms with E-state index in [2.05, 4.69) is 16.0 Å². The fourth-order valence-corrected chi connectivity index (χ4v) is 1.90. The minimum absolute atomic E-state index is 0.145. The zero-order valence-corrected chi connectivity index (χ0v) is 11.6. The maximum Gasteiger partial charge on any atom is 0.220 e. The number of hydrogen-bond acceptors (Lipinski definition) is 2. The van der Waals surface area contributed by atoms with Crippen LogP contribution in [0.5, 0.6) is 0 Å². The van der Waals surface area contributed by atoms with E-state index in [-0.39, 0.29) is 5.91 Å². The van der Waals surface area contributed by atoms with Crippen molar-refractivity contribution in [2.45, 2.75) is 31.7 Å². The maximum absolute atomic E-state index is 11.4. The molecule has 0 atom stereocenters. The Morgan fingerprint density at radius 1 is 1.26 bits per heavy atom. The Morgan fingerprint density at radius 2 is 2.00 bits per heavy atom. The molecule has 3 N–H and O–H groups in total. The lowest BCUT2D eigenvalue weighted by molar-refractivity contribution is -0.121. The van der Waals surface area contributed by atoms with Gasteiger partial charge in [0.2, 0.25) is 5.91 Å². The van der Waals surface area contributed by atoms with Gasteiger partial charge in [-0.2, -0.15) is 0 Å². The highest BCUT2D eigenvalue weighted by molar-refractivity contribution is 7.80. The van der Waals surface area contributed by atoms with E-state index < -0.39 is 0 Å². The van der Waals surface area contributed by atoms with Crippen LogP contribution in [-0.4, -0.2) is 23.6 Å². The van der Waals surface area contributed by atoms with Gasteiger partial charge in [-0.1, -0.05) is 18.2 Å². The standard InChI is InChI=1S/C14H19N3OS/c18-13(16-12-8-9-12)7-4-10-15-14(19)17-11-5-2-1-3-6-11/h1-3,5-6,12H,4,7-10H2,(H,16,18)(H2,15,17,19). The highest BCUT2D eigenvalue weighted by Gasteiger charge is 2.22. The van der Waals surface area contributed by atoms with E-state index in [1.54, 1.807) is 0 Å². The molecule has 102 valence electrons. The zero-order chi connectivity index (χ0) is 13.5. The molecule has 1 fully saturated rings. The molecule has 0 bridgehead atoms. The van der Waals surface area contributed by atoms with Crippen LogP contribution in [0.1, 0.15) is 25.7 Å². The van der Waals surface area contributed by atoms with Gasteiger partial charge in [0.05, 0.1) is 0 Å². The van der Waals surface area contributed by atoms with Crippen LogP contribution in [0, 0.1) is 0 Å². The van der Waals surface area contributed by atoms with E-state index >= 15 is 0 Å². The first-order valence-corrected chi connectivity index (χ1v) is 7.04. The number of carbonyl (C=O) groups excluding carboxylic acids is 1. The maximum atomic E-state index is 11.4. The molecule has 4 nitrogen and oxygen atoms in total. The Balaban J connectivity index is 1.55. The summed E-state index contributed by atoms with van der Waals surface area (Å²) in [7, 11) is 0. The van der Waals surface area contributed by atoms with Crippen LogP contribution in [-0.2, 0) is 4.79 Å². The first-order valence-electron chi connectivity index (χ1n) is 6.63. The molecule has 19 heavy (non-hydrogen) atoms. The van der Waals surface area contributed by atoms with Crippen LogP contribution >= 0.6 is 12.2 Å². The Hall–Kier alpha value is -1.62. The lowest BCUT2D eigenvalue weighted by atomic mass is 10.3. The smallest absolute Gasteiger partial charge is 0.220 e. The van der Waals surface area contributed by atoms with E-state index in [1.165, 1.54) is 0 Å². The van der Waals surface area contributed by atoms with Gasteiger partial charge in [-0.05, 0) is 43.6 Å². The van der Waals surface area contributed by atoms with Gasteiger partial charge >= 0.3 is 0 Å². The number of nitrogens with one attached hydrogen (secondary N) is 3. The van der Waals surface area contributed by atoms with Crippen LogP contribution in [0.4, 0.5) is 5.69 Å². The lowest BCUT2D eigenvalue weighted by Gasteiger charge is -2.10. The first-order chi connectivity index (χ1) is 9.24. The van der Waals surface area contributed by atoms with E-state index in [0.717, 1.165) is 24.9 Å². The molecule has 0 saturated heterocycles. The Morgan fingerprint density at radius 3 is 2.68 bits per heavy atom. The predicted octanol–water partition coefficient (Wildman–Crippen LogP) is 2.03. The van der Waals surface area contributed by atoms with Crippen LogP contribution in [0.15, 0.2) is 30.3 Å². The molecule has 1 aromatic carbocycles. The zero-order valence-electron chi connectivity index (χ0n) is 10.8. The van der Waals surface area contributed by atoms with Crippen molar-refractivity contribution in [2.24, 2.45) is 0 Å². The first kappa shape index (κ1) is 13.8. The molecule has 1 saturated carbocycles. The summed E-state index contributed by atoms with van der Waals surface area (Å²) in [5.74, 6) is 0.145. The van der Waals surface area contributed by atoms with Gasteiger partial charge in [-0.15, -0.1) is 0 Å². The van der Waals surface area contributed by atoms with Gasteiger partial charge in [-0.25, -0.2) is 0 Å². The number of hydrogen-bond donors (Lipinski definition) is 3. The van der Waals surface area contributed by atoms with Crippen molar-refractivity contribution in [3.63, 3.8) is 0 Å². The third-order valence-corrected chi connectivity index (χ3v) is 3.09. The largest absolute Gasteiger partial charge is 0.362 e. The summed E-state index contributed by atoms with van der Waals surface area (Å²) in [5, 5.41) is 9.75. The van der Waals surface area contributed by atoms with Crippen LogP contribution in [0.25, 0.3) is 0 Å². The number of para-hydroxylation sites is 1. The summed E-state index contributed by atoms with van der Waals surface area (Å²) in [5.41, 5.74) is 0.964. The van der Waals surface area contributed by atoms with E-state index in [4.69, 9.17) is 12.2 Å². The molecule has 1 aromatic rings. The van der Waals surface area contributed by atoms with Gasteiger partial charge in [-0.3, -0.25) is 4.79 Å². The second-order valence-electron chi connectivity index (χ2n) is 4.69. The molecule has 0 aromatic heterocycles. The highest BCUT2D eigenvalue weighted by Crippen LogP contribution is 2.18. The number of benzene rings is 1. The van der Waals surface area contributed by atoms with Gasteiger partial charge < -0.3 is 16.0 Å². The monoisotopic (exact) mass is 277 g/mol. The van der Waals surface area contributed by atoms with Crippen LogP contribution in [0.3, 0.4) is 0 Å². The molecular formula is C14H19N3OS. The summed E-state index contributed by atoms with van der Waals surface area (Å²) in [6, 6.07) is 10.2. The third-order valence-electron chi connectivity index (χ3n) is 2.84. The minimum atomic E-state index is 0.145. The topological polar surface area (TPSA) is 53.2 Å². The number of carbonyl (C=O) groups is 1. The summed E-state index contributed by atoms with van der Waals surface area (Å²) < 4.78 is 0. The fraction of sp³-hybridized carbons (Fsp3) is 0.429. The molecule has 2 rings (SSSR count). The van der Waals surface area contributed by atoms with Crippen molar-refractivity contribution in [2.75, 3.05) is 11.9 Å². The highest BCUT2D eigenvalue weighted by atomic mass is 32.1. The van der Waals surface area contributed by atoms with Gasteiger partial charge in [0.15, 0.2) is 5.11 Å². The molecule has 0 unspecified atom stereocenters. The molecule has 5 heteroatoms. The van der Waals surface area contributed by atoms with E-state index in [1.807, 2.05) is 30.3 Å². The molecular weight excluding hydrogens is 258 g/mol. The second kappa shape index (κ2) is 7.09. The quantitative estimate of drug-likeness (QED) is 0.550. The van der Waals surface area contributed by atoms with Gasteiger partial charge in [0.25, 0.3) is 0 Å². The minimum Gasteiger partial charge on any atom is -0.362 e. The van der Waals surface area contributed by atoms with E-state index in [0.29, 0.717) is 24.1 Å². The van der Waals surface area contributed by atoms with Gasteiger partial charge in [0.1, 0.15) is 0 Å². The fourth-order valence-electron chi connectivity index (χ4n) is 1.68. The van der Waals surface area contributed by atoms with Crippen molar-refractivity contribution in [3.8, 4) is 0 Å². The van der Waals surface area contributed by atoms with Crippen molar-refractivity contribution in [1.29, 1.82) is 0 Å². The summed E-state index contributed by atoms with van der Waals surface area (Å²) in [6.45, 7) is 0.705. The number of rotatable bonds is 6. The number of thiocarbonyl (C=S) groups is 1. The van der Waals surface area contributed by atoms with Crippen molar-refractivity contribution in [1.82, 2.24) is 10.6 Å².